The SMILES string of the molecule is C1=[N+]2[C@H](COCc3ccccc3)CC[C@]23CCCC[C@H]3CC1. The van der Waals surface area contributed by atoms with Crippen LogP contribution in [0, 0.1) is 5.92 Å². The van der Waals surface area contributed by atoms with E-state index in [0.717, 1.165) is 19.1 Å². The van der Waals surface area contributed by atoms with Crippen LogP contribution in [0.4, 0.5) is 0 Å². The lowest BCUT2D eigenvalue weighted by molar-refractivity contribution is -0.633. The second kappa shape index (κ2) is 6.16. The van der Waals surface area contributed by atoms with E-state index < -0.39 is 0 Å². The first kappa shape index (κ1) is 14.4. The molecule has 1 aromatic rings. The smallest absolute Gasteiger partial charge is 0.176 e. The van der Waals surface area contributed by atoms with Crippen molar-refractivity contribution in [2.24, 2.45) is 5.92 Å². The average molecular weight is 298 g/mol. The molecule has 4 rings (SSSR count). The third-order valence-corrected chi connectivity index (χ3v) is 6.25. The Morgan fingerprint density at radius 3 is 2.86 bits per heavy atom. The maximum atomic E-state index is 6.07. The Morgan fingerprint density at radius 1 is 1.05 bits per heavy atom. The van der Waals surface area contributed by atoms with Crippen molar-refractivity contribution in [1.29, 1.82) is 0 Å². The summed E-state index contributed by atoms with van der Waals surface area (Å²) in [5, 5.41) is 0. The molecule has 0 bridgehead atoms. The predicted molar refractivity (Wildman–Crippen MR) is 89.4 cm³/mol. The van der Waals surface area contributed by atoms with Gasteiger partial charge in [0.05, 0.1) is 6.61 Å². The van der Waals surface area contributed by atoms with Crippen LogP contribution in [0.25, 0.3) is 0 Å². The Kier molecular flexibility index (Phi) is 4.04. The molecule has 1 saturated carbocycles. The van der Waals surface area contributed by atoms with Crippen molar-refractivity contribution in [1.82, 2.24) is 0 Å². The minimum Gasteiger partial charge on any atom is -0.370 e. The highest BCUT2D eigenvalue weighted by atomic mass is 16.5. The number of hydrogen-bond donors (Lipinski definition) is 0. The molecule has 1 aromatic carbocycles. The minimum absolute atomic E-state index is 0.511. The Morgan fingerprint density at radius 2 is 1.95 bits per heavy atom. The molecule has 1 spiro atoms. The number of ether oxygens (including phenoxy) is 1. The fraction of sp³-hybridized carbons (Fsp3) is 0.650. The van der Waals surface area contributed by atoms with Crippen LogP contribution in [0.15, 0.2) is 30.3 Å². The Labute approximate surface area is 134 Å². The Bertz CT molecular complexity index is 538. The van der Waals surface area contributed by atoms with Gasteiger partial charge < -0.3 is 4.74 Å². The van der Waals surface area contributed by atoms with Crippen LogP contribution in [-0.2, 0) is 11.3 Å². The van der Waals surface area contributed by atoms with Crippen LogP contribution >= 0.6 is 0 Å². The number of rotatable bonds is 4. The van der Waals surface area contributed by atoms with Crippen molar-refractivity contribution < 1.29 is 9.31 Å². The van der Waals surface area contributed by atoms with Gasteiger partial charge >= 0.3 is 0 Å². The molecule has 118 valence electrons. The first-order chi connectivity index (χ1) is 10.9. The summed E-state index contributed by atoms with van der Waals surface area (Å²) in [6, 6.07) is 11.2. The highest BCUT2D eigenvalue weighted by molar-refractivity contribution is 5.53. The van der Waals surface area contributed by atoms with E-state index in [1.807, 2.05) is 0 Å². The summed E-state index contributed by atoms with van der Waals surface area (Å²) in [6.45, 7) is 1.64. The van der Waals surface area contributed by atoms with E-state index in [-0.39, 0.29) is 0 Å². The highest BCUT2D eigenvalue weighted by Gasteiger charge is 2.57. The van der Waals surface area contributed by atoms with Crippen molar-refractivity contribution in [3.05, 3.63) is 35.9 Å². The van der Waals surface area contributed by atoms with Crippen LogP contribution < -0.4 is 0 Å². The van der Waals surface area contributed by atoms with Crippen molar-refractivity contribution in [3.63, 3.8) is 0 Å². The lowest BCUT2D eigenvalue weighted by Crippen LogP contribution is -2.52. The molecule has 0 aromatic heterocycles. The van der Waals surface area contributed by atoms with Crippen molar-refractivity contribution in [2.45, 2.75) is 69.6 Å². The molecular weight excluding hydrogens is 270 g/mol. The second-order valence-electron chi connectivity index (χ2n) is 7.41. The summed E-state index contributed by atoms with van der Waals surface area (Å²) in [5.41, 5.74) is 1.80. The largest absolute Gasteiger partial charge is 0.370 e. The van der Waals surface area contributed by atoms with Gasteiger partial charge in [0.15, 0.2) is 11.6 Å². The van der Waals surface area contributed by atoms with Gasteiger partial charge in [-0.3, -0.25) is 0 Å². The number of hydrogen-bond acceptors (Lipinski definition) is 1. The molecule has 0 radical (unpaired) electrons. The average Bonchev–Trinajstić information content (AvgIpc) is 2.93. The van der Waals surface area contributed by atoms with E-state index in [1.165, 1.54) is 56.9 Å². The highest BCUT2D eigenvalue weighted by Crippen LogP contribution is 2.48. The molecular formula is C20H28NO+. The molecule has 2 heterocycles. The van der Waals surface area contributed by atoms with Crippen molar-refractivity contribution in [2.75, 3.05) is 6.61 Å². The number of benzene rings is 1. The molecule has 0 unspecified atom stereocenters. The van der Waals surface area contributed by atoms with Gasteiger partial charge in [0, 0.05) is 31.6 Å². The van der Waals surface area contributed by atoms with E-state index in [0.29, 0.717) is 11.6 Å². The molecule has 3 aliphatic rings. The van der Waals surface area contributed by atoms with Crippen LogP contribution in [0.3, 0.4) is 0 Å². The maximum absolute atomic E-state index is 6.07. The zero-order valence-electron chi connectivity index (χ0n) is 13.5. The zero-order chi connectivity index (χ0) is 14.8. The van der Waals surface area contributed by atoms with Crippen LogP contribution in [0.2, 0.25) is 0 Å². The maximum Gasteiger partial charge on any atom is 0.176 e. The first-order valence-corrected chi connectivity index (χ1v) is 9.12. The van der Waals surface area contributed by atoms with Gasteiger partial charge in [-0.15, -0.1) is 0 Å². The third kappa shape index (κ3) is 2.52. The molecule has 2 nitrogen and oxygen atoms in total. The summed E-state index contributed by atoms with van der Waals surface area (Å²) in [6.07, 6.45) is 13.7. The van der Waals surface area contributed by atoms with Crippen LogP contribution in [-0.4, -0.2) is 29.0 Å². The Hall–Kier alpha value is -1.15. The van der Waals surface area contributed by atoms with Gasteiger partial charge in [-0.05, 0) is 24.8 Å². The Balaban J connectivity index is 1.40. The molecule has 2 fully saturated rings. The summed E-state index contributed by atoms with van der Waals surface area (Å²) in [5.74, 6) is 0.949. The van der Waals surface area contributed by atoms with E-state index in [1.54, 1.807) is 0 Å². The lowest BCUT2D eigenvalue weighted by atomic mass is 9.68. The third-order valence-electron chi connectivity index (χ3n) is 6.25. The molecule has 1 saturated heterocycles. The van der Waals surface area contributed by atoms with Crippen LogP contribution in [0.1, 0.15) is 56.9 Å². The fourth-order valence-corrected chi connectivity index (χ4v) is 5.22. The predicted octanol–water partition coefficient (Wildman–Crippen LogP) is 4.17. The fourth-order valence-electron chi connectivity index (χ4n) is 5.22. The van der Waals surface area contributed by atoms with E-state index in [2.05, 4.69) is 41.1 Å². The lowest BCUT2D eigenvalue weighted by Gasteiger charge is -2.40. The molecule has 3 atom stereocenters. The topological polar surface area (TPSA) is 12.2 Å². The summed E-state index contributed by atoms with van der Waals surface area (Å²) in [4.78, 5) is 0. The summed E-state index contributed by atoms with van der Waals surface area (Å²) >= 11 is 0. The molecule has 0 N–H and O–H groups in total. The van der Waals surface area contributed by atoms with E-state index in [4.69, 9.17) is 4.74 Å². The van der Waals surface area contributed by atoms with Gasteiger partial charge in [0.25, 0.3) is 0 Å². The van der Waals surface area contributed by atoms with Gasteiger partial charge in [-0.25, -0.2) is 4.58 Å². The van der Waals surface area contributed by atoms with Gasteiger partial charge in [0.2, 0.25) is 0 Å². The van der Waals surface area contributed by atoms with E-state index >= 15 is 0 Å². The molecule has 2 heteroatoms. The van der Waals surface area contributed by atoms with Gasteiger partial charge in [-0.1, -0.05) is 36.8 Å². The normalized spacial score (nSPS) is 33.9. The first-order valence-electron chi connectivity index (χ1n) is 9.12. The van der Waals surface area contributed by atoms with E-state index in [9.17, 15) is 0 Å². The van der Waals surface area contributed by atoms with Crippen molar-refractivity contribution in [3.8, 4) is 0 Å². The standard InChI is InChI=1S/C20H28NO/c1-2-7-17(8-3-1)15-22-16-19-11-13-20-12-5-4-9-18(20)10-6-14-21(19)20/h1-3,7-8,14,18-19H,4-6,9-13,15-16H2/q+1/t18-,19-,20-/m0/s1. The second-order valence-corrected chi connectivity index (χ2v) is 7.41. The molecule has 22 heavy (non-hydrogen) atoms. The zero-order valence-corrected chi connectivity index (χ0v) is 13.5. The quantitative estimate of drug-likeness (QED) is 0.760. The molecule has 0 amide bonds. The van der Waals surface area contributed by atoms with Crippen LogP contribution in [0.5, 0.6) is 0 Å². The van der Waals surface area contributed by atoms with Crippen molar-refractivity contribution >= 4 is 6.21 Å². The van der Waals surface area contributed by atoms with Gasteiger partial charge in [-0.2, -0.15) is 0 Å². The molecule has 1 aliphatic carbocycles. The summed E-state index contributed by atoms with van der Waals surface area (Å²) < 4.78 is 8.82. The minimum atomic E-state index is 0.511. The molecule has 2 aliphatic heterocycles. The summed E-state index contributed by atoms with van der Waals surface area (Å²) in [7, 11) is 0. The number of nitrogens with zero attached hydrogens (tertiary/aromatic N) is 1. The van der Waals surface area contributed by atoms with Gasteiger partial charge in [0.1, 0.15) is 12.8 Å². The monoisotopic (exact) mass is 298 g/mol.